The molecule has 1 heterocycles. The first-order chi connectivity index (χ1) is 12.6. The van der Waals surface area contributed by atoms with Gasteiger partial charge < -0.3 is 5.32 Å². The average Bonchev–Trinajstić information content (AvgIpc) is 2.62. The van der Waals surface area contributed by atoms with Crippen molar-refractivity contribution in [3.63, 3.8) is 0 Å². The summed E-state index contributed by atoms with van der Waals surface area (Å²) in [4.78, 5) is 17.1. The van der Waals surface area contributed by atoms with Gasteiger partial charge in [-0.25, -0.2) is 0 Å². The molecule has 0 aliphatic carbocycles. The van der Waals surface area contributed by atoms with Crippen molar-refractivity contribution in [1.82, 2.24) is 4.98 Å². The number of aromatic nitrogens is 1. The highest BCUT2D eigenvalue weighted by molar-refractivity contribution is 6.40. The molecule has 0 radical (unpaired) electrons. The van der Waals surface area contributed by atoms with Crippen molar-refractivity contribution in [2.75, 3.05) is 5.32 Å². The quantitative estimate of drug-likeness (QED) is 0.569. The second-order valence-corrected chi connectivity index (χ2v) is 6.52. The molecule has 2 aromatic carbocycles. The molecule has 5 heteroatoms. The molecular weight excluding hydrogens is 367 g/mol. The lowest BCUT2D eigenvalue weighted by Crippen LogP contribution is -2.13. The van der Waals surface area contributed by atoms with E-state index in [4.69, 9.17) is 23.2 Å². The minimum absolute atomic E-state index is 0.245. The summed E-state index contributed by atoms with van der Waals surface area (Å²) in [6.45, 7) is 2.09. The van der Waals surface area contributed by atoms with E-state index in [1.807, 2.05) is 18.2 Å². The zero-order valence-electron chi connectivity index (χ0n) is 14.1. The number of anilines is 1. The molecule has 0 spiro atoms. The highest BCUT2D eigenvalue weighted by Gasteiger charge is 2.16. The van der Waals surface area contributed by atoms with E-state index < -0.39 is 0 Å². The molecule has 3 nitrogen and oxygen atoms in total. The van der Waals surface area contributed by atoms with E-state index in [-0.39, 0.29) is 11.5 Å². The average molecular weight is 383 g/mol. The highest BCUT2D eigenvalue weighted by Crippen LogP contribution is 2.27. The molecule has 0 aliphatic rings. The second kappa shape index (κ2) is 8.23. The van der Waals surface area contributed by atoms with E-state index in [1.165, 1.54) is 0 Å². The predicted molar refractivity (Wildman–Crippen MR) is 108 cm³/mol. The number of fused-ring (bicyclic) bond motifs is 1. The van der Waals surface area contributed by atoms with Gasteiger partial charge in [-0.05, 0) is 30.7 Å². The Morgan fingerprint density at radius 2 is 1.88 bits per heavy atom. The largest absolute Gasteiger partial charge is 0.320 e. The fraction of sp³-hybridized carbons (Fsp3) is 0.143. The molecule has 0 saturated carbocycles. The standard InChI is InChI=1S/C21H16Cl2N2O/c1-2-3-4-7-14-12-15-8-5-11-18(20(15)24-13-14)25-21(26)19-16(22)9-6-10-17(19)23/h5-6,8-13H,2-3H2,1H3,(H,25,26). The van der Waals surface area contributed by atoms with E-state index in [9.17, 15) is 4.79 Å². The molecule has 1 amide bonds. The number of rotatable bonds is 3. The van der Waals surface area contributed by atoms with Gasteiger partial charge in [-0.15, -0.1) is 0 Å². The summed E-state index contributed by atoms with van der Waals surface area (Å²) in [6.07, 6.45) is 3.59. The van der Waals surface area contributed by atoms with Gasteiger partial charge in [-0.3, -0.25) is 9.78 Å². The van der Waals surface area contributed by atoms with Gasteiger partial charge in [0.2, 0.25) is 0 Å². The van der Waals surface area contributed by atoms with Crippen LogP contribution in [0.4, 0.5) is 5.69 Å². The molecule has 0 bridgehead atoms. The van der Waals surface area contributed by atoms with E-state index in [2.05, 4.69) is 29.1 Å². The van der Waals surface area contributed by atoms with Crippen molar-refractivity contribution in [1.29, 1.82) is 0 Å². The number of hydrogen-bond donors (Lipinski definition) is 1. The van der Waals surface area contributed by atoms with Crippen LogP contribution in [0.1, 0.15) is 35.7 Å². The van der Waals surface area contributed by atoms with Gasteiger partial charge >= 0.3 is 0 Å². The Morgan fingerprint density at radius 1 is 1.15 bits per heavy atom. The maximum atomic E-state index is 12.6. The van der Waals surface area contributed by atoms with Gasteiger partial charge in [0.25, 0.3) is 5.91 Å². The van der Waals surface area contributed by atoms with Crippen molar-refractivity contribution in [3.8, 4) is 11.8 Å². The highest BCUT2D eigenvalue weighted by atomic mass is 35.5. The van der Waals surface area contributed by atoms with Gasteiger partial charge in [-0.2, -0.15) is 0 Å². The third-order valence-electron chi connectivity index (χ3n) is 3.76. The fourth-order valence-electron chi connectivity index (χ4n) is 2.52. The summed E-state index contributed by atoms with van der Waals surface area (Å²) in [5, 5.41) is 4.35. The van der Waals surface area contributed by atoms with Gasteiger partial charge in [0, 0.05) is 23.6 Å². The Kier molecular flexibility index (Phi) is 5.78. The van der Waals surface area contributed by atoms with Crippen LogP contribution in [0.3, 0.4) is 0 Å². The molecule has 0 unspecified atom stereocenters. The van der Waals surface area contributed by atoms with Crippen LogP contribution in [-0.2, 0) is 0 Å². The molecular formula is C21H16Cl2N2O. The lowest BCUT2D eigenvalue weighted by molar-refractivity contribution is 0.102. The SMILES string of the molecule is CCCC#Cc1cnc2c(NC(=O)c3c(Cl)cccc3Cl)cccc2c1. The van der Waals surface area contributed by atoms with Crippen LogP contribution in [-0.4, -0.2) is 10.9 Å². The van der Waals surface area contributed by atoms with E-state index >= 15 is 0 Å². The fourth-order valence-corrected chi connectivity index (χ4v) is 3.09. The van der Waals surface area contributed by atoms with Gasteiger partial charge in [-0.1, -0.05) is 60.2 Å². The zero-order valence-corrected chi connectivity index (χ0v) is 15.7. The molecule has 3 aromatic rings. The van der Waals surface area contributed by atoms with Crippen molar-refractivity contribution < 1.29 is 4.79 Å². The van der Waals surface area contributed by atoms with Crippen LogP contribution in [0.25, 0.3) is 10.9 Å². The lowest BCUT2D eigenvalue weighted by atomic mass is 10.1. The summed E-state index contributed by atoms with van der Waals surface area (Å²) in [6, 6.07) is 12.5. The van der Waals surface area contributed by atoms with Crippen molar-refractivity contribution in [3.05, 3.63) is 69.8 Å². The number of unbranched alkanes of at least 4 members (excludes halogenated alkanes) is 1. The van der Waals surface area contributed by atoms with Crippen LogP contribution < -0.4 is 5.32 Å². The number of hydrogen-bond acceptors (Lipinski definition) is 2. The molecule has 130 valence electrons. The van der Waals surface area contributed by atoms with Crippen LogP contribution in [0.15, 0.2) is 48.7 Å². The van der Waals surface area contributed by atoms with Gasteiger partial charge in [0.1, 0.15) is 0 Å². The van der Waals surface area contributed by atoms with Crippen LogP contribution in [0.2, 0.25) is 10.0 Å². The van der Waals surface area contributed by atoms with Gasteiger partial charge in [0.15, 0.2) is 0 Å². The zero-order chi connectivity index (χ0) is 18.5. The minimum Gasteiger partial charge on any atom is -0.320 e. The number of pyridine rings is 1. The number of carbonyl (C=O) groups excluding carboxylic acids is 1. The van der Waals surface area contributed by atoms with Crippen LogP contribution in [0, 0.1) is 11.8 Å². The Hall–Kier alpha value is -2.54. The molecule has 1 N–H and O–H groups in total. The monoisotopic (exact) mass is 382 g/mol. The summed E-state index contributed by atoms with van der Waals surface area (Å²) in [5.41, 5.74) is 2.38. The summed E-state index contributed by atoms with van der Waals surface area (Å²) in [7, 11) is 0. The summed E-state index contributed by atoms with van der Waals surface area (Å²) >= 11 is 12.2. The third-order valence-corrected chi connectivity index (χ3v) is 4.39. The molecule has 0 saturated heterocycles. The number of nitrogens with one attached hydrogen (secondary N) is 1. The normalized spacial score (nSPS) is 10.3. The van der Waals surface area contributed by atoms with E-state index in [0.717, 1.165) is 23.8 Å². The maximum Gasteiger partial charge on any atom is 0.258 e. The van der Waals surface area contributed by atoms with Crippen molar-refractivity contribution in [2.45, 2.75) is 19.8 Å². The third kappa shape index (κ3) is 3.99. The van der Waals surface area contributed by atoms with Crippen LogP contribution >= 0.6 is 23.2 Å². The number of amides is 1. The molecule has 3 rings (SSSR count). The molecule has 0 fully saturated rings. The molecule has 0 atom stereocenters. The first kappa shape index (κ1) is 18.3. The Labute approximate surface area is 162 Å². The summed E-state index contributed by atoms with van der Waals surface area (Å²) in [5.74, 6) is 5.84. The van der Waals surface area contributed by atoms with Gasteiger partial charge in [0.05, 0.1) is 26.8 Å². The van der Waals surface area contributed by atoms with E-state index in [1.54, 1.807) is 30.5 Å². The Bertz CT molecular complexity index is 1010. The number of carbonyl (C=O) groups is 1. The minimum atomic E-state index is -0.373. The smallest absolute Gasteiger partial charge is 0.258 e. The van der Waals surface area contributed by atoms with Crippen molar-refractivity contribution >= 4 is 45.7 Å². The maximum absolute atomic E-state index is 12.6. The Balaban J connectivity index is 1.94. The number of para-hydroxylation sites is 1. The number of benzene rings is 2. The molecule has 1 aromatic heterocycles. The predicted octanol–water partition coefficient (Wildman–Crippen LogP) is 5.95. The van der Waals surface area contributed by atoms with Crippen molar-refractivity contribution in [2.24, 2.45) is 0 Å². The molecule has 0 aliphatic heterocycles. The second-order valence-electron chi connectivity index (χ2n) is 5.70. The van der Waals surface area contributed by atoms with E-state index in [0.29, 0.717) is 21.2 Å². The summed E-state index contributed by atoms with van der Waals surface area (Å²) < 4.78 is 0. The molecule has 26 heavy (non-hydrogen) atoms. The number of nitrogens with zero attached hydrogens (tertiary/aromatic N) is 1. The lowest BCUT2D eigenvalue weighted by Gasteiger charge is -2.10. The topological polar surface area (TPSA) is 42.0 Å². The number of halogens is 2. The van der Waals surface area contributed by atoms with Crippen LogP contribution in [0.5, 0.6) is 0 Å². The first-order valence-electron chi connectivity index (χ1n) is 8.23. The Morgan fingerprint density at radius 3 is 2.62 bits per heavy atom. The first-order valence-corrected chi connectivity index (χ1v) is 8.98.